The van der Waals surface area contributed by atoms with E-state index in [4.69, 9.17) is 10.1 Å². The normalized spacial score (nSPS) is 19.4. The molecular weight excluding hydrogens is 579 g/mol. The first-order valence-corrected chi connectivity index (χ1v) is 15.9. The summed E-state index contributed by atoms with van der Waals surface area (Å²) in [5.74, 6) is -0.00926. The number of fused-ring (bicyclic) bond motifs is 1. The van der Waals surface area contributed by atoms with E-state index in [1.807, 2.05) is 54.1 Å². The zero-order chi connectivity index (χ0) is 30.3. The summed E-state index contributed by atoms with van der Waals surface area (Å²) in [7, 11) is 1.95. The lowest BCUT2D eigenvalue weighted by Crippen LogP contribution is -2.66. The third-order valence-electron chi connectivity index (χ3n) is 9.56. The lowest BCUT2D eigenvalue weighted by atomic mass is 9.79. The SMILES string of the molecule is Cc1ccc(-c2nc(N(C)c3c(C4CC4)nn4cc(F)c(N5CCC6(CN(C(=O)N7CC(O)C7)C6)C5)cc34)sc2C#N)cc1. The van der Waals surface area contributed by atoms with Gasteiger partial charge in [-0.1, -0.05) is 41.2 Å². The third-order valence-corrected chi connectivity index (χ3v) is 10.6. The molecule has 0 atom stereocenters. The maximum atomic E-state index is 15.7. The second-order valence-corrected chi connectivity index (χ2v) is 13.9. The van der Waals surface area contributed by atoms with E-state index in [0.717, 1.165) is 47.3 Å². The zero-order valence-electron chi connectivity index (χ0n) is 24.7. The predicted molar refractivity (Wildman–Crippen MR) is 166 cm³/mol. The average Bonchev–Trinajstić information content (AvgIpc) is 3.41. The lowest BCUT2D eigenvalue weighted by Gasteiger charge is -2.51. The fourth-order valence-electron chi connectivity index (χ4n) is 6.92. The number of halogens is 1. The molecule has 226 valence electrons. The Morgan fingerprint density at radius 1 is 1.18 bits per heavy atom. The maximum absolute atomic E-state index is 15.7. The molecule has 1 N–H and O–H groups in total. The Balaban J connectivity index is 1.10. The molecule has 44 heavy (non-hydrogen) atoms. The number of thiazole rings is 1. The lowest BCUT2D eigenvalue weighted by molar-refractivity contribution is -0.0161. The van der Waals surface area contributed by atoms with Gasteiger partial charge in [0.2, 0.25) is 0 Å². The van der Waals surface area contributed by atoms with Crippen molar-refractivity contribution >= 4 is 39.4 Å². The number of β-amino-alcohol motifs (C(OH)–C–C–N with tert-alkyl or cyclic N) is 1. The fraction of sp³-hybridized carbons (Fsp3) is 0.438. The number of aliphatic hydroxyl groups is 1. The fourth-order valence-corrected chi connectivity index (χ4v) is 7.77. The van der Waals surface area contributed by atoms with Gasteiger partial charge in [0, 0.05) is 50.1 Å². The van der Waals surface area contributed by atoms with Crippen LogP contribution >= 0.6 is 11.3 Å². The van der Waals surface area contributed by atoms with Gasteiger partial charge in [-0.15, -0.1) is 0 Å². The quantitative estimate of drug-likeness (QED) is 0.348. The van der Waals surface area contributed by atoms with E-state index in [1.54, 1.807) is 9.42 Å². The molecule has 1 saturated carbocycles. The first kappa shape index (κ1) is 27.3. The van der Waals surface area contributed by atoms with Crippen LogP contribution in [0, 0.1) is 29.5 Å². The smallest absolute Gasteiger partial charge is 0.320 e. The third kappa shape index (κ3) is 4.40. The number of nitrogens with zero attached hydrogens (tertiary/aromatic N) is 8. The predicted octanol–water partition coefficient (Wildman–Crippen LogP) is 4.73. The maximum Gasteiger partial charge on any atom is 0.320 e. The molecule has 8 rings (SSSR count). The van der Waals surface area contributed by atoms with Crippen molar-refractivity contribution in [1.29, 1.82) is 5.26 Å². The van der Waals surface area contributed by atoms with E-state index in [0.29, 0.717) is 66.6 Å². The molecule has 4 aromatic rings. The molecule has 3 aromatic heterocycles. The summed E-state index contributed by atoms with van der Waals surface area (Å²) in [5, 5.41) is 25.0. The molecule has 1 aromatic carbocycles. The molecule has 3 saturated heterocycles. The number of rotatable bonds is 5. The first-order valence-electron chi connectivity index (χ1n) is 15.1. The van der Waals surface area contributed by atoms with Crippen LogP contribution in [0.1, 0.15) is 41.3 Å². The molecule has 1 spiro atoms. The molecule has 4 aliphatic rings. The standard InChI is InChI=1S/C32H33FN8O2S/c1-19-3-5-20(6-4-19)27-26(12-34)44-30(35-27)37(2)29-25-11-24(23(33)15-41(25)36-28(29)21-7-8-21)38-10-9-32(16-38)17-40(18-32)31(43)39-13-22(42)14-39/h3-6,11,15,21-22,42H,7-10,13-14,16-18H2,1-2H3. The molecule has 10 nitrogen and oxygen atoms in total. The summed E-state index contributed by atoms with van der Waals surface area (Å²) in [6.45, 7) is 5.53. The number of amides is 2. The van der Waals surface area contributed by atoms with Gasteiger partial charge in [0.25, 0.3) is 0 Å². The van der Waals surface area contributed by atoms with Gasteiger partial charge in [-0.3, -0.25) is 0 Å². The molecule has 1 aliphatic carbocycles. The highest BCUT2D eigenvalue weighted by atomic mass is 32.1. The van der Waals surface area contributed by atoms with Gasteiger partial charge in [0.05, 0.1) is 48.0 Å². The largest absolute Gasteiger partial charge is 0.389 e. The van der Waals surface area contributed by atoms with E-state index in [9.17, 15) is 15.2 Å². The van der Waals surface area contributed by atoms with Crippen molar-refractivity contribution in [1.82, 2.24) is 24.4 Å². The summed E-state index contributed by atoms with van der Waals surface area (Å²) in [5.41, 5.74) is 5.83. The number of pyridine rings is 1. The Kier molecular flexibility index (Phi) is 6.16. The highest BCUT2D eigenvalue weighted by Crippen LogP contribution is 2.49. The Bertz CT molecular complexity index is 1830. The minimum Gasteiger partial charge on any atom is -0.389 e. The summed E-state index contributed by atoms with van der Waals surface area (Å²) < 4.78 is 17.3. The minimum atomic E-state index is -0.416. The number of carbonyl (C=O) groups is 1. The Morgan fingerprint density at radius 3 is 2.61 bits per heavy atom. The molecular formula is C32H33FN8O2S. The summed E-state index contributed by atoms with van der Waals surface area (Å²) in [6.07, 6.45) is 4.03. The van der Waals surface area contributed by atoms with E-state index in [2.05, 4.69) is 11.0 Å². The summed E-state index contributed by atoms with van der Waals surface area (Å²) >= 11 is 1.35. The van der Waals surface area contributed by atoms with Gasteiger partial charge in [0.1, 0.15) is 16.6 Å². The van der Waals surface area contributed by atoms with Gasteiger partial charge in [-0.05, 0) is 32.3 Å². The molecule has 0 unspecified atom stereocenters. The first-order chi connectivity index (χ1) is 21.2. The molecule has 0 bridgehead atoms. The second kappa shape index (κ2) is 9.90. The Labute approximate surface area is 258 Å². The number of aliphatic hydroxyl groups excluding tert-OH is 1. The molecule has 3 aliphatic heterocycles. The van der Waals surface area contributed by atoms with Crippen molar-refractivity contribution in [2.75, 3.05) is 56.1 Å². The van der Waals surface area contributed by atoms with E-state index < -0.39 is 6.10 Å². The van der Waals surface area contributed by atoms with Crippen LogP contribution in [-0.4, -0.2) is 88.0 Å². The highest BCUT2D eigenvalue weighted by molar-refractivity contribution is 7.16. The van der Waals surface area contributed by atoms with Crippen LogP contribution in [0.25, 0.3) is 16.8 Å². The number of aryl methyl sites for hydroxylation is 1. The van der Waals surface area contributed by atoms with Crippen LogP contribution in [0.3, 0.4) is 0 Å². The van der Waals surface area contributed by atoms with Gasteiger partial charge in [-0.2, -0.15) is 10.4 Å². The Hall–Kier alpha value is -4.21. The van der Waals surface area contributed by atoms with Crippen molar-refractivity contribution < 1.29 is 14.3 Å². The molecule has 2 amide bonds. The summed E-state index contributed by atoms with van der Waals surface area (Å²) in [4.78, 5) is 25.8. The number of hydrogen-bond acceptors (Lipinski definition) is 8. The minimum absolute atomic E-state index is 0.0150. The van der Waals surface area contributed by atoms with Crippen LogP contribution in [0.5, 0.6) is 0 Å². The van der Waals surface area contributed by atoms with Crippen molar-refractivity contribution in [3.63, 3.8) is 0 Å². The van der Waals surface area contributed by atoms with Gasteiger partial charge in [-0.25, -0.2) is 18.7 Å². The number of hydrogen-bond donors (Lipinski definition) is 1. The molecule has 4 fully saturated rings. The topological polar surface area (TPSA) is 104 Å². The van der Waals surface area contributed by atoms with Gasteiger partial charge < -0.3 is 24.7 Å². The van der Waals surface area contributed by atoms with E-state index in [1.165, 1.54) is 17.5 Å². The number of nitriles is 1. The number of anilines is 3. The Morgan fingerprint density at radius 2 is 1.93 bits per heavy atom. The van der Waals surface area contributed by atoms with E-state index in [-0.39, 0.29) is 17.3 Å². The molecule has 6 heterocycles. The van der Waals surface area contributed by atoms with Crippen LogP contribution in [0.4, 0.5) is 25.7 Å². The number of benzene rings is 1. The van der Waals surface area contributed by atoms with Crippen molar-refractivity contribution in [2.24, 2.45) is 5.41 Å². The number of aromatic nitrogens is 3. The zero-order valence-corrected chi connectivity index (χ0v) is 25.5. The van der Waals surface area contributed by atoms with Crippen molar-refractivity contribution in [3.8, 4) is 17.3 Å². The highest BCUT2D eigenvalue weighted by Gasteiger charge is 2.51. The second-order valence-electron chi connectivity index (χ2n) is 12.9. The molecule has 12 heteroatoms. The number of likely N-dealkylation sites (tertiary alicyclic amines) is 2. The molecule has 0 radical (unpaired) electrons. The van der Waals surface area contributed by atoms with Crippen LogP contribution in [-0.2, 0) is 0 Å². The van der Waals surface area contributed by atoms with Crippen LogP contribution in [0.2, 0.25) is 0 Å². The monoisotopic (exact) mass is 612 g/mol. The summed E-state index contributed by atoms with van der Waals surface area (Å²) in [6, 6.07) is 12.2. The van der Waals surface area contributed by atoms with E-state index >= 15 is 4.39 Å². The van der Waals surface area contributed by atoms with Crippen molar-refractivity contribution in [3.05, 3.63) is 58.5 Å². The van der Waals surface area contributed by atoms with Gasteiger partial charge >= 0.3 is 6.03 Å². The van der Waals surface area contributed by atoms with Crippen molar-refractivity contribution in [2.45, 2.75) is 38.2 Å². The van der Waals surface area contributed by atoms with Gasteiger partial charge in [0.15, 0.2) is 10.9 Å². The average molecular weight is 613 g/mol. The van der Waals surface area contributed by atoms with Crippen LogP contribution < -0.4 is 9.80 Å². The van der Waals surface area contributed by atoms with Crippen LogP contribution in [0.15, 0.2) is 36.5 Å². The number of carbonyl (C=O) groups excluding carboxylic acids is 1. The number of urea groups is 1.